The average molecular weight is 300 g/mol. The molecule has 0 radical (unpaired) electrons. The van der Waals surface area contributed by atoms with Crippen molar-refractivity contribution in [3.63, 3.8) is 0 Å². The van der Waals surface area contributed by atoms with Crippen LogP contribution in [-0.4, -0.2) is 11.5 Å². The van der Waals surface area contributed by atoms with E-state index in [-0.39, 0.29) is 6.04 Å². The first kappa shape index (κ1) is 14.7. The topological polar surface area (TPSA) is 24.9 Å². The second-order valence-corrected chi connectivity index (χ2v) is 7.00. The molecule has 1 aliphatic carbocycles. The summed E-state index contributed by atoms with van der Waals surface area (Å²) in [7, 11) is 0. The molecule has 3 heteroatoms. The predicted octanol–water partition coefficient (Wildman–Crippen LogP) is 4.81. The Morgan fingerprint density at radius 2 is 2.14 bits per heavy atom. The Hall–Kier alpha value is -1.19. The van der Waals surface area contributed by atoms with E-state index in [1.165, 1.54) is 36.1 Å². The lowest BCUT2D eigenvalue weighted by atomic mass is 9.77. The van der Waals surface area contributed by atoms with Crippen LogP contribution in [0.5, 0.6) is 0 Å². The SMILES string of the molecule is CCCNC(c1csc(C)n1)c1ccccc1C1CCC1. The molecule has 2 nitrogen and oxygen atoms in total. The van der Waals surface area contributed by atoms with Gasteiger partial charge in [-0.1, -0.05) is 37.6 Å². The Labute approximate surface area is 131 Å². The lowest BCUT2D eigenvalue weighted by Crippen LogP contribution is -2.26. The Kier molecular flexibility index (Phi) is 4.71. The summed E-state index contributed by atoms with van der Waals surface area (Å²) in [6, 6.07) is 9.19. The van der Waals surface area contributed by atoms with Gasteiger partial charge >= 0.3 is 0 Å². The summed E-state index contributed by atoms with van der Waals surface area (Å²) >= 11 is 1.74. The van der Waals surface area contributed by atoms with Gasteiger partial charge in [-0.05, 0) is 49.8 Å². The number of nitrogens with zero attached hydrogens (tertiary/aromatic N) is 1. The molecule has 1 aliphatic rings. The number of aryl methyl sites for hydroxylation is 1. The monoisotopic (exact) mass is 300 g/mol. The van der Waals surface area contributed by atoms with Gasteiger partial charge in [0.05, 0.1) is 16.7 Å². The van der Waals surface area contributed by atoms with Gasteiger partial charge in [-0.25, -0.2) is 4.98 Å². The van der Waals surface area contributed by atoms with E-state index in [0.717, 1.165) is 23.9 Å². The minimum absolute atomic E-state index is 0.242. The third-order valence-electron chi connectivity index (χ3n) is 4.38. The molecule has 3 rings (SSSR count). The summed E-state index contributed by atoms with van der Waals surface area (Å²) in [4.78, 5) is 4.74. The van der Waals surface area contributed by atoms with Crippen molar-refractivity contribution in [1.82, 2.24) is 10.3 Å². The lowest BCUT2D eigenvalue weighted by molar-refractivity contribution is 0.414. The zero-order valence-corrected chi connectivity index (χ0v) is 13.7. The van der Waals surface area contributed by atoms with E-state index in [9.17, 15) is 0 Å². The van der Waals surface area contributed by atoms with Crippen molar-refractivity contribution < 1.29 is 0 Å². The van der Waals surface area contributed by atoms with Gasteiger partial charge in [0.25, 0.3) is 0 Å². The molecule has 1 N–H and O–H groups in total. The van der Waals surface area contributed by atoms with E-state index in [0.29, 0.717) is 0 Å². The zero-order valence-electron chi connectivity index (χ0n) is 12.9. The number of hydrogen-bond donors (Lipinski definition) is 1. The van der Waals surface area contributed by atoms with Gasteiger partial charge in [-0.2, -0.15) is 0 Å². The molecule has 112 valence electrons. The molecule has 2 aromatic rings. The van der Waals surface area contributed by atoms with E-state index in [2.05, 4.69) is 48.8 Å². The van der Waals surface area contributed by atoms with E-state index in [4.69, 9.17) is 4.98 Å². The Balaban J connectivity index is 1.95. The van der Waals surface area contributed by atoms with Crippen LogP contribution in [0.25, 0.3) is 0 Å². The number of nitrogens with one attached hydrogen (secondary N) is 1. The molecule has 1 aromatic carbocycles. The minimum Gasteiger partial charge on any atom is -0.305 e. The third-order valence-corrected chi connectivity index (χ3v) is 5.17. The first-order valence-corrected chi connectivity index (χ1v) is 8.91. The van der Waals surface area contributed by atoms with Gasteiger partial charge in [0, 0.05) is 5.38 Å². The van der Waals surface area contributed by atoms with Crippen LogP contribution in [0.1, 0.15) is 66.4 Å². The minimum atomic E-state index is 0.242. The van der Waals surface area contributed by atoms with Crippen molar-refractivity contribution in [3.8, 4) is 0 Å². The number of rotatable bonds is 6. The van der Waals surface area contributed by atoms with Gasteiger partial charge < -0.3 is 5.32 Å². The highest BCUT2D eigenvalue weighted by Crippen LogP contribution is 2.40. The highest BCUT2D eigenvalue weighted by atomic mass is 32.1. The fourth-order valence-corrected chi connectivity index (χ4v) is 3.68. The van der Waals surface area contributed by atoms with Gasteiger partial charge in [-0.3, -0.25) is 0 Å². The Bertz CT molecular complexity index is 586. The van der Waals surface area contributed by atoms with Gasteiger partial charge in [0.15, 0.2) is 0 Å². The maximum absolute atomic E-state index is 4.74. The lowest BCUT2D eigenvalue weighted by Gasteiger charge is -2.30. The molecule has 0 spiro atoms. The molecule has 1 heterocycles. The van der Waals surface area contributed by atoms with Crippen LogP contribution in [0.2, 0.25) is 0 Å². The highest BCUT2D eigenvalue weighted by Gasteiger charge is 2.26. The van der Waals surface area contributed by atoms with Crippen LogP contribution in [0.4, 0.5) is 0 Å². The summed E-state index contributed by atoms with van der Waals surface area (Å²) in [6.45, 7) is 5.33. The first-order valence-electron chi connectivity index (χ1n) is 8.03. The molecule has 1 saturated carbocycles. The van der Waals surface area contributed by atoms with Gasteiger partial charge in [0.1, 0.15) is 0 Å². The maximum Gasteiger partial charge on any atom is 0.0898 e. The molecule has 0 bridgehead atoms. The van der Waals surface area contributed by atoms with Gasteiger partial charge in [-0.15, -0.1) is 11.3 Å². The Morgan fingerprint density at radius 1 is 1.33 bits per heavy atom. The first-order chi connectivity index (χ1) is 10.3. The molecular weight excluding hydrogens is 276 g/mol. The molecular formula is C18H24N2S. The Morgan fingerprint density at radius 3 is 2.76 bits per heavy atom. The fourth-order valence-electron chi connectivity index (χ4n) is 3.04. The number of thiazole rings is 1. The highest BCUT2D eigenvalue weighted by molar-refractivity contribution is 7.09. The van der Waals surface area contributed by atoms with Crippen molar-refractivity contribution >= 4 is 11.3 Å². The second-order valence-electron chi connectivity index (χ2n) is 5.94. The number of aromatic nitrogens is 1. The van der Waals surface area contributed by atoms with Crippen LogP contribution >= 0.6 is 11.3 Å². The fraction of sp³-hybridized carbons (Fsp3) is 0.500. The molecule has 1 atom stereocenters. The summed E-state index contributed by atoms with van der Waals surface area (Å²) < 4.78 is 0. The van der Waals surface area contributed by atoms with Crippen molar-refractivity contribution in [3.05, 3.63) is 51.5 Å². The molecule has 1 unspecified atom stereocenters. The summed E-state index contributed by atoms with van der Waals surface area (Å²) in [5, 5.41) is 7.06. The predicted molar refractivity (Wildman–Crippen MR) is 90.0 cm³/mol. The second kappa shape index (κ2) is 6.71. The summed E-state index contributed by atoms with van der Waals surface area (Å²) in [5.41, 5.74) is 4.14. The zero-order chi connectivity index (χ0) is 14.7. The van der Waals surface area contributed by atoms with Crippen molar-refractivity contribution in [2.24, 2.45) is 0 Å². The smallest absolute Gasteiger partial charge is 0.0898 e. The van der Waals surface area contributed by atoms with E-state index in [1.54, 1.807) is 11.3 Å². The maximum atomic E-state index is 4.74. The standard InChI is InChI=1S/C18H24N2S/c1-3-11-19-18(17-12-21-13(2)20-17)16-10-5-4-9-15(16)14-7-6-8-14/h4-5,9-10,12,14,18-19H,3,6-8,11H2,1-2H3. The normalized spacial score (nSPS) is 16.7. The summed E-state index contributed by atoms with van der Waals surface area (Å²) in [5.74, 6) is 0.756. The van der Waals surface area contributed by atoms with Crippen LogP contribution in [0, 0.1) is 6.92 Å². The summed E-state index contributed by atoms with van der Waals surface area (Å²) in [6.07, 6.45) is 5.20. The third kappa shape index (κ3) is 3.19. The van der Waals surface area contributed by atoms with Crippen LogP contribution in [0.15, 0.2) is 29.6 Å². The average Bonchev–Trinajstić information content (AvgIpc) is 2.85. The van der Waals surface area contributed by atoms with E-state index in [1.807, 2.05) is 0 Å². The largest absolute Gasteiger partial charge is 0.305 e. The number of benzene rings is 1. The molecule has 0 saturated heterocycles. The molecule has 1 aromatic heterocycles. The van der Waals surface area contributed by atoms with Crippen LogP contribution in [0.3, 0.4) is 0 Å². The molecule has 21 heavy (non-hydrogen) atoms. The van der Waals surface area contributed by atoms with Crippen LogP contribution < -0.4 is 5.32 Å². The van der Waals surface area contributed by atoms with Crippen LogP contribution in [-0.2, 0) is 0 Å². The quantitative estimate of drug-likeness (QED) is 0.828. The van der Waals surface area contributed by atoms with E-state index < -0.39 is 0 Å². The van der Waals surface area contributed by atoms with E-state index >= 15 is 0 Å². The number of hydrogen-bond acceptors (Lipinski definition) is 3. The van der Waals surface area contributed by atoms with Crippen molar-refractivity contribution in [2.45, 2.75) is 51.5 Å². The van der Waals surface area contributed by atoms with Crippen molar-refractivity contribution in [1.29, 1.82) is 0 Å². The van der Waals surface area contributed by atoms with Crippen molar-refractivity contribution in [2.75, 3.05) is 6.54 Å². The molecule has 0 amide bonds. The van der Waals surface area contributed by atoms with Gasteiger partial charge in [0.2, 0.25) is 0 Å². The molecule has 1 fully saturated rings. The molecule has 0 aliphatic heterocycles.